The Hall–Kier alpha value is -3.63. The molecule has 184 valence electrons. The maximum absolute atomic E-state index is 13.1. The van der Waals surface area contributed by atoms with Crippen molar-refractivity contribution in [2.24, 2.45) is 5.10 Å². The minimum atomic E-state index is -4.52. The van der Waals surface area contributed by atoms with E-state index in [2.05, 4.69) is 20.7 Å². The van der Waals surface area contributed by atoms with Crippen molar-refractivity contribution in [2.75, 3.05) is 5.75 Å². The van der Waals surface area contributed by atoms with Crippen LogP contribution in [0.2, 0.25) is 5.02 Å². The Morgan fingerprint density at radius 2 is 1.75 bits per heavy atom. The summed E-state index contributed by atoms with van der Waals surface area (Å²) in [6.45, 7) is 1.98. The standard InChI is InChI=1S/C25H19ClF3N5OS/c1-16-6-12-20(13-7-16)34-23(17-8-10-19(26)11-9-17)32-33-24(34)36-15-22(35)31-30-14-18-4-2-3-5-21(18)25(27,28)29/h2-14H,15H2,1H3,(H,31,35)/b30-14-. The second-order valence-corrected chi connectivity index (χ2v) is 9.03. The first kappa shape index (κ1) is 25.5. The van der Waals surface area contributed by atoms with Crippen LogP contribution in [0.4, 0.5) is 13.2 Å². The Kier molecular flexibility index (Phi) is 7.76. The molecule has 0 fully saturated rings. The largest absolute Gasteiger partial charge is 0.417 e. The first-order valence-corrected chi connectivity index (χ1v) is 12.0. The molecule has 1 amide bonds. The molecule has 1 N–H and O–H groups in total. The molecule has 0 spiro atoms. The average molecular weight is 530 g/mol. The molecule has 4 rings (SSSR count). The van der Waals surface area contributed by atoms with E-state index in [1.54, 1.807) is 12.1 Å². The quantitative estimate of drug-likeness (QED) is 0.177. The lowest BCUT2D eigenvalue weighted by molar-refractivity contribution is -0.137. The van der Waals surface area contributed by atoms with Crippen LogP contribution < -0.4 is 5.43 Å². The molecule has 0 radical (unpaired) electrons. The minimum Gasteiger partial charge on any atom is -0.272 e. The fourth-order valence-electron chi connectivity index (χ4n) is 3.28. The Labute approximate surface area is 214 Å². The molecule has 0 saturated carbocycles. The number of benzene rings is 3. The maximum atomic E-state index is 13.1. The first-order chi connectivity index (χ1) is 17.2. The number of halogens is 4. The zero-order valence-corrected chi connectivity index (χ0v) is 20.4. The van der Waals surface area contributed by atoms with Gasteiger partial charge in [-0.1, -0.05) is 59.3 Å². The highest BCUT2D eigenvalue weighted by molar-refractivity contribution is 7.99. The maximum Gasteiger partial charge on any atom is 0.417 e. The lowest BCUT2D eigenvalue weighted by Gasteiger charge is -2.11. The number of thioether (sulfide) groups is 1. The van der Waals surface area contributed by atoms with E-state index in [0.717, 1.165) is 40.9 Å². The summed E-state index contributed by atoms with van der Waals surface area (Å²) in [5.41, 5.74) is 3.95. The van der Waals surface area contributed by atoms with Gasteiger partial charge in [-0.2, -0.15) is 18.3 Å². The smallest absolute Gasteiger partial charge is 0.272 e. The van der Waals surface area contributed by atoms with Gasteiger partial charge < -0.3 is 0 Å². The van der Waals surface area contributed by atoms with E-state index in [1.165, 1.54) is 18.2 Å². The number of nitrogens with zero attached hydrogens (tertiary/aromatic N) is 4. The number of hydrazone groups is 1. The molecule has 0 unspecified atom stereocenters. The lowest BCUT2D eigenvalue weighted by atomic mass is 10.1. The van der Waals surface area contributed by atoms with Crippen LogP contribution in [0.3, 0.4) is 0 Å². The molecular weight excluding hydrogens is 511 g/mol. The predicted octanol–water partition coefficient (Wildman–Crippen LogP) is 6.16. The number of aryl methyl sites for hydroxylation is 1. The molecule has 0 bridgehead atoms. The lowest BCUT2D eigenvalue weighted by Crippen LogP contribution is -2.20. The van der Waals surface area contributed by atoms with Crippen LogP contribution in [0.5, 0.6) is 0 Å². The van der Waals surface area contributed by atoms with Gasteiger partial charge in [-0.3, -0.25) is 9.36 Å². The molecule has 0 saturated heterocycles. The second kappa shape index (κ2) is 11.0. The summed E-state index contributed by atoms with van der Waals surface area (Å²) in [6.07, 6.45) is -3.55. The van der Waals surface area contributed by atoms with Crippen LogP contribution in [0.1, 0.15) is 16.7 Å². The Morgan fingerprint density at radius 3 is 2.44 bits per heavy atom. The molecule has 1 heterocycles. The highest BCUT2D eigenvalue weighted by Crippen LogP contribution is 2.31. The molecule has 11 heteroatoms. The fourth-order valence-corrected chi connectivity index (χ4v) is 4.15. The first-order valence-electron chi connectivity index (χ1n) is 10.6. The van der Waals surface area contributed by atoms with Crippen molar-refractivity contribution in [2.45, 2.75) is 18.3 Å². The van der Waals surface area contributed by atoms with Crippen LogP contribution in [-0.4, -0.2) is 32.6 Å². The molecular formula is C25H19ClF3N5OS. The third-order valence-electron chi connectivity index (χ3n) is 5.02. The molecule has 0 atom stereocenters. The molecule has 0 aliphatic rings. The third-order valence-corrected chi connectivity index (χ3v) is 6.20. The normalized spacial score (nSPS) is 11.7. The number of alkyl halides is 3. The highest BCUT2D eigenvalue weighted by atomic mass is 35.5. The van der Waals surface area contributed by atoms with Crippen molar-refractivity contribution in [3.8, 4) is 17.1 Å². The van der Waals surface area contributed by atoms with E-state index in [0.29, 0.717) is 16.0 Å². The summed E-state index contributed by atoms with van der Waals surface area (Å²) in [5, 5.41) is 13.3. The van der Waals surface area contributed by atoms with E-state index in [-0.39, 0.29) is 11.3 Å². The molecule has 4 aromatic rings. The second-order valence-electron chi connectivity index (χ2n) is 7.65. The highest BCUT2D eigenvalue weighted by Gasteiger charge is 2.32. The summed E-state index contributed by atoms with van der Waals surface area (Å²) in [7, 11) is 0. The number of rotatable bonds is 7. The summed E-state index contributed by atoms with van der Waals surface area (Å²) in [5.74, 6) is -0.0180. The van der Waals surface area contributed by atoms with E-state index in [1.807, 2.05) is 47.9 Å². The number of hydrogen-bond donors (Lipinski definition) is 1. The monoisotopic (exact) mass is 529 g/mol. The predicted molar refractivity (Wildman–Crippen MR) is 134 cm³/mol. The Bertz CT molecular complexity index is 1390. The number of carbonyl (C=O) groups excluding carboxylic acids is 1. The topological polar surface area (TPSA) is 72.2 Å². The molecule has 6 nitrogen and oxygen atoms in total. The Balaban J connectivity index is 1.51. The van der Waals surface area contributed by atoms with Crippen LogP contribution in [0.25, 0.3) is 17.1 Å². The molecule has 0 aliphatic heterocycles. The van der Waals surface area contributed by atoms with Gasteiger partial charge in [-0.15, -0.1) is 10.2 Å². The SMILES string of the molecule is Cc1ccc(-n2c(SCC(=O)N/N=C\c3ccccc3C(F)(F)F)nnc2-c2ccc(Cl)cc2)cc1. The van der Waals surface area contributed by atoms with Crippen LogP contribution >= 0.6 is 23.4 Å². The third kappa shape index (κ3) is 6.13. The van der Waals surface area contributed by atoms with Gasteiger partial charge in [0, 0.05) is 21.8 Å². The Morgan fingerprint density at radius 1 is 1.06 bits per heavy atom. The minimum absolute atomic E-state index is 0.0805. The van der Waals surface area contributed by atoms with Crippen LogP contribution in [0.15, 0.2) is 83.1 Å². The van der Waals surface area contributed by atoms with Crippen molar-refractivity contribution in [3.05, 3.63) is 94.5 Å². The molecule has 36 heavy (non-hydrogen) atoms. The van der Waals surface area contributed by atoms with Gasteiger partial charge in [0.15, 0.2) is 11.0 Å². The summed E-state index contributed by atoms with van der Waals surface area (Å²) in [6, 6.07) is 19.9. The van der Waals surface area contributed by atoms with Gasteiger partial charge in [-0.25, -0.2) is 5.43 Å². The number of aromatic nitrogens is 3. The van der Waals surface area contributed by atoms with Crippen molar-refractivity contribution in [1.82, 2.24) is 20.2 Å². The fraction of sp³-hybridized carbons (Fsp3) is 0.120. The zero-order valence-electron chi connectivity index (χ0n) is 18.8. The summed E-state index contributed by atoms with van der Waals surface area (Å²) in [4.78, 5) is 12.4. The van der Waals surface area contributed by atoms with Gasteiger partial charge in [0.1, 0.15) is 0 Å². The number of hydrogen-bond acceptors (Lipinski definition) is 5. The summed E-state index contributed by atoms with van der Waals surface area (Å²) < 4.78 is 41.2. The van der Waals surface area contributed by atoms with Gasteiger partial charge in [0.2, 0.25) is 0 Å². The zero-order chi connectivity index (χ0) is 25.7. The number of carbonyl (C=O) groups is 1. The number of amides is 1. The van der Waals surface area contributed by atoms with Crippen molar-refractivity contribution < 1.29 is 18.0 Å². The van der Waals surface area contributed by atoms with Crippen LogP contribution in [-0.2, 0) is 11.0 Å². The van der Waals surface area contributed by atoms with Gasteiger partial charge in [0.05, 0.1) is 17.5 Å². The molecule has 1 aromatic heterocycles. The van der Waals surface area contributed by atoms with Crippen molar-refractivity contribution in [3.63, 3.8) is 0 Å². The van der Waals surface area contributed by atoms with E-state index < -0.39 is 17.6 Å². The van der Waals surface area contributed by atoms with Crippen molar-refractivity contribution in [1.29, 1.82) is 0 Å². The average Bonchev–Trinajstić information content (AvgIpc) is 3.27. The van der Waals surface area contributed by atoms with E-state index >= 15 is 0 Å². The van der Waals surface area contributed by atoms with Crippen molar-refractivity contribution >= 4 is 35.5 Å². The molecule has 3 aromatic carbocycles. The molecule has 0 aliphatic carbocycles. The summed E-state index contributed by atoms with van der Waals surface area (Å²) >= 11 is 7.14. The van der Waals surface area contributed by atoms with E-state index in [4.69, 9.17) is 11.6 Å². The number of nitrogens with one attached hydrogen (secondary N) is 1. The van der Waals surface area contributed by atoms with Gasteiger partial charge in [0.25, 0.3) is 5.91 Å². The van der Waals surface area contributed by atoms with Gasteiger partial charge in [-0.05, 0) is 49.4 Å². The van der Waals surface area contributed by atoms with Gasteiger partial charge >= 0.3 is 6.18 Å². The van der Waals surface area contributed by atoms with E-state index in [9.17, 15) is 18.0 Å². The van der Waals surface area contributed by atoms with Crippen LogP contribution in [0, 0.1) is 6.92 Å².